The summed E-state index contributed by atoms with van der Waals surface area (Å²) in [5, 5.41) is 25.9. The van der Waals surface area contributed by atoms with Gasteiger partial charge in [0.15, 0.2) is 11.8 Å². The van der Waals surface area contributed by atoms with Gasteiger partial charge in [-0.15, -0.1) is 10.2 Å². The Hall–Kier alpha value is -2.61. The first-order valence-electron chi connectivity index (χ1n) is 11.3. The second-order valence-corrected chi connectivity index (χ2v) is 8.50. The second kappa shape index (κ2) is 11.1. The maximum atomic E-state index is 10.7. The van der Waals surface area contributed by atoms with Crippen LogP contribution in [0, 0.1) is 6.92 Å². The first kappa shape index (κ1) is 23.1. The molecule has 3 N–H and O–H groups in total. The van der Waals surface area contributed by atoms with Gasteiger partial charge in [0, 0.05) is 19.6 Å². The molecule has 2 aromatic rings. The fourth-order valence-electron chi connectivity index (χ4n) is 3.71. The van der Waals surface area contributed by atoms with Gasteiger partial charge >= 0.3 is 0 Å². The van der Waals surface area contributed by atoms with Gasteiger partial charge in [0.1, 0.15) is 18.1 Å². The maximum absolute atomic E-state index is 10.7. The molecule has 8 heteroatoms. The molecule has 0 saturated heterocycles. The lowest BCUT2D eigenvalue weighted by Gasteiger charge is -2.25. The van der Waals surface area contributed by atoms with Crippen molar-refractivity contribution in [3.05, 3.63) is 41.5 Å². The van der Waals surface area contributed by atoms with Gasteiger partial charge in [0.2, 0.25) is 0 Å². The predicted octanol–water partition coefficient (Wildman–Crippen LogP) is 3.01. The molecule has 0 spiro atoms. The van der Waals surface area contributed by atoms with Gasteiger partial charge < -0.3 is 25.0 Å². The number of hydrogen-bond acceptors (Lipinski definition) is 5. The van der Waals surface area contributed by atoms with Crippen LogP contribution in [0.4, 0.5) is 0 Å². The van der Waals surface area contributed by atoms with Gasteiger partial charge in [-0.2, -0.15) is 0 Å². The number of aliphatic hydroxyl groups excluding tert-OH is 1. The topological polar surface area (TPSA) is 96.6 Å². The Morgan fingerprint density at radius 1 is 1.26 bits per heavy atom. The zero-order valence-corrected chi connectivity index (χ0v) is 19.1. The minimum Gasteiger partial charge on any atom is -0.491 e. The molecule has 31 heavy (non-hydrogen) atoms. The number of rotatable bonds is 8. The molecule has 1 atom stereocenters. The fourth-order valence-corrected chi connectivity index (χ4v) is 3.71. The highest BCUT2D eigenvalue weighted by molar-refractivity contribution is 5.80. The molecule has 0 amide bonds. The maximum Gasteiger partial charge on any atom is 0.192 e. The van der Waals surface area contributed by atoms with Crippen molar-refractivity contribution in [1.29, 1.82) is 0 Å². The molecule has 1 aliphatic rings. The number of aliphatic hydroxyl groups is 1. The Morgan fingerprint density at radius 3 is 2.71 bits per heavy atom. The third-order valence-electron chi connectivity index (χ3n) is 5.58. The molecule has 3 rings (SSSR count). The van der Waals surface area contributed by atoms with E-state index in [0.717, 1.165) is 35.8 Å². The van der Waals surface area contributed by atoms with E-state index in [-0.39, 0.29) is 6.10 Å². The van der Waals surface area contributed by atoms with E-state index in [1.165, 1.54) is 19.3 Å². The second-order valence-electron chi connectivity index (χ2n) is 8.50. The molecule has 0 aliphatic heterocycles. The highest BCUT2D eigenvalue weighted by Crippen LogP contribution is 2.20. The summed E-state index contributed by atoms with van der Waals surface area (Å²) in [5.74, 6) is 3.12. The molecular formula is C23H36N6O2. The summed E-state index contributed by atoms with van der Waals surface area (Å²) in [6.07, 6.45) is 5.46. The SMILES string of the molecule is Cc1nnc(CN=C(NCC(O)c2cccc(OC(C)C)c2)NC2CCCCC2)n1C. The van der Waals surface area contributed by atoms with Crippen LogP contribution >= 0.6 is 0 Å². The standard InChI is InChI=1S/C23H36N6O2/c1-16(2)31-20-12-8-9-18(13-20)21(30)14-24-23(26-19-10-6-5-7-11-19)25-15-22-28-27-17(3)29(22)4/h8-9,12-13,16,19,21,30H,5-7,10-11,14-15H2,1-4H3,(H2,24,25,26). The van der Waals surface area contributed by atoms with E-state index in [4.69, 9.17) is 9.73 Å². The number of aromatic nitrogens is 3. The summed E-state index contributed by atoms with van der Waals surface area (Å²) >= 11 is 0. The molecule has 1 unspecified atom stereocenters. The summed E-state index contributed by atoms with van der Waals surface area (Å²) in [4.78, 5) is 4.72. The van der Waals surface area contributed by atoms with Gasteiger partial charge in [-0.1, -0.05) is 31.4 Å². The Bertz CT molecular complexity index is 858. The molecule has 0 bridgehead atoms. The minimum absolute atomic E-state index is 0.0909. The van der Waals surface area contributed by atoms with Crippen LogP contribution in [-0.4, -0.2) is 44.5 Å². The Labute approximate surface area is 185 Å². The summed E-state index contributed by atoms with van der Waals surface area (Å²) < 4.78 is 7.69. The van der Waals surface area contributed by atoms with E-state index in [9.17, 15) is 5.11 Å². The molecule has 1 aromatic carbocycles. The number of benzene rings is 1. The molecule has 1 saturated carbocycles. The van der Waals surface area contributed by atoms with Crippen LogP contribution in [-0.2, 0) is 13.6 Å². The summed E-state index contributed by atoms with van der Waals surface area (Å²) in [7, 11) is 1.94. The first-order valence-corrected chi connectivity index (χ1v) is 11.3. The molecular weight excluding hydrogens is 392 g/mol. The number of guanidine groups is 1. The van der Waals surface area contributed by atoms with Crippen LogP contribution in [0.15, 0.2) is 29.3 Å². The van der Waals surface area contributed by atoms with Crippen molar-refractivity contribution in [2.24, 2.45) is 12.0 Å². The molecule has 1 aliphatic carbocycles. The fraction of sp³-hybridized carbons (Fsp3) is 0.609. The lowest BCUT2D eigenvalue weighted by molar-refractivity contribution is 0.179. The minimum atomic E-state index is -0.675. The third kappa shape index (κ3) is 6.95. The third-order valence-corrected chi connectivity index (χ3v) is 5.58. The van der Waals surface area contributed by atoms with Crippen LogP contribution in [0.2, 0.25) is 0 Å². The van der Waals surface area contributed by atoms with Crippen LogP contribution in [0.5, 0.6) is 5.75 Å². The van der Waals surface area contributed by atoms with Crippen LogP contribution in [0.1, 0.15) is 69.3 Å². The number of hydrogen-bond donors (Lipinski definition) is 3. The van der Waals surface area contributed by atoms with E-state index >= 15 is 0 Å². The average molecular weight is 429 g/mol. The van der Waals surface area contributed by atoms with Crippen molar-refractivity contribution < 1.29 is 9.84 Å². The van der Waals surface area contributed by atoms with Crippen molar-refractivity contribution in [3.8, 4) is 5.75 Å². The molecule has 0 radical (unpaired) electrons. The van der Waals surface area contributed by atoms with Crippen molar-refractivity contribution in [1.82, 2.24) is 25.4 Å². The molecule has 170 valence electrons. The zero-order chi connectivity index (χ0) is 22.2. The van der Waals surface area contributed by atoms with Gasteiger partial charge in [0.05, 0.1) is 12.2 Å². The summed E-state index contributed by atoms with van der Waals surface area (Å²) in [6, 6.07) is 8.01. The van der Waals surface area contributed by atoms with Crippen LogP contribution < -0.4 is 15.4 Å². The highest BCUT2D eigenvalue weighted by Gasteiger charge is 2.16. The quantitative estimate of drug-likeness (QED) is 0.442. The Morgan fingerprint density at radius 2 is 2.03 bits per heavy atom. The average Bonchev–Trinajstić information content (AvgIpc) is 3.08. The molecule has 1 fully saturated rings. The summed E-state index contributed by atoms with van der Waals surface area (Å²) in [5.41, 5.74) is 0.812. The van der Waals surface area contributed by atoms with Crippen molar-refractivity contribution in [2.45, 2.75) is 77.7 Å². The smallest absolute Gasteiger partial charge is 0.192 e. The van der Waals surface area contributed by atoms with Gasteiger partial charge in [-0.05, 0) is 51.3 Å². The molecule has 1 aromatic heterocycles. The first-order chi connectivity index (χ1) is 14.9. The zero-order valence-electron chi connectivity index (χ0n) is 19.1. The van der Waals surface area contributed by atoms with E-state index in [1.54, 1.807) is 0 Å². The number of nitrogens with one attached hydrogen (secondary N) is 2. The lowest BCUT2D eigenvalue weighted by Crippen LogP contribution is -2.45. The van der Waals surface area contributed by atoms with E-state index in [1.807, 2.05) is 56.7 Å². The summed E-state index contributed by atoms with van der Waals surface area (Å²) in [6.45, 7) is 6.67. The Kier molecular flexibility index (Phi) is 8.28. The van der Waals surface area contributed by atoms with Crippen molar-refractivity contribution in [2.75, 3.05) is 6.54 Å². The molecule has 1 heterocycles. The molecule has 8 nitrogen and oxygen atoms in total. The van der Waals surface area contributed by atoms with Crippen molar-refractivity contribution in [3.63, 3.8) is 0 Å². The van der Waals surface area contributed by atoms with Crippen LogP contribution in [0.25, 0.3) is 0 Å². The van der Waals surface area contributed by atoms with Crippen LogP contribution in [0.3, 0.4) is 0 Å². The van der Waals surface area contributed by atoms with Crippen molar-refractivity contribution >= 4 is 5.96 Å². The normalized spacial score (nSPS) is 16.4. The van der Waals surface area contributed by atoms with Gasteiger partial charge in [0.25, 0.3) is 0 Å². The number of aliphatic imine (C=N–C) groups is 1. The Balaban J connectivity index is 1.65. The number of aryl methyl sites for hydroxylation is 1. The highest BCUT2D eigenvalue weighted by atomic mass is 16.5. The monoisotopic (exact) mass is 428 g/mol. The van der Waals surface area contributed by atoms with Gasteiger partial charge in [-0.3, -0.25) is 0 Å². The van der Waals surface area contributed by atoms with Gasteiger partial charge in [-0.25, -0.2) is 4.99 Å². The number of nitrogens with zero attached hydrogens (tertiary/aromatic N) is 4. The van der Waals surface area contributed by atoms with E-state index in [0.29, 0.717) is 25.1 Å². The van der Waals surface area contributed by atoms with E-state index in [2.05, 4.69) is 20.8 Å². The van der Waals surface area contributed by atoms with E-state index < -0.39 is 6.10 Å². The lowest BCUT2D eigenvalue weighted by atomic mass is 9.96. The predicted molar refractivity (Wildman–Crippen MR) is 122 cm³/mol. The number of ether oxygens (including phenoxy) is 1. The largest absolute Gasteiger partial charge is 0.491 e.